The average molecular weight is 266 g/mol. The lowest BCUT2D eigenvalue weighted by Crippen LogP contribution is -2.30. The first-order valence-corrected chi connectivity index (χ1v) is 7.37. The van der Waals surface area contributed by atoms with E-state index < -0.39 is 0 Å². The molecule has 2 aliphatic rings. The minimum absolute atomic E-state index is 0.392. The quantitative estimate of drug-likeness (QED) is 0.542. The molecule has 0 aromatic heterocycles. The first-order chi connectivity index (χ1) is 10.3. The largest absolute Gasteiger partial charge is 0.0911 e. The van der Waals surface area contributed by atoms with E-state index in [0.717, 1.165) is 5.22 Å². The van der Waals surface area contributed by atoms with E-state index in [0.29, 0.717) is 5.92 Å². The van der Waals surface area contributed by atoms with Crippen LogP contribution in [0.3, 0.4) is 0 Å². The number of rotatable bonds is 0. The highest BCUT2D eigenvalue weighted by atomic mass is 14.2. The van der Waals surface area contributed by atoms with Crippen LogP contribution in [-0.4, -0.2) is 0 Å². The highest BCUT2D eigenvalue weighted by Crippen LogP contribution is 2.37. The second-order valence-electron chi connectivity index (χ2n) is 5.91. The summed E-state index contributed by atoms with van der Waals surface area (Å²) in [6.45, 7) is 4.29. The van der Waals surface area contributed by atoms with Crippen molar-refractivity contribution >= 4 is 40.3 Å². The van der Waals surface area contributed by atoms with Crippen LogP contribution >= 0.6 is 0 Å². The zero-order valence-electron chi connectivity index (χ0n) is 11.6. The molecule has 0 heteroatoms. The highest BCUT2D eigenvalue weighted by Gasteiger charge is 2.20. The third-order valence-electron chi connectivity index (χ3n) is 4.74. The number of allylic oxidation sites excluding steroid dienone is 3. The molecule has 5 rings (SSSR count). The maximum absolute atomic E-state index is 4.29. The second kappa shape index (κ2) is 3.73. The molecule has 0 radical (unpaired) electrons. The van der Waals surface area contributed by atoms with Gasteiger partial charge in [-0.15, -0.1) is 0 Å². The van der Waals surface area contributed by atoms with Gasteiger partial charge in [-0.25, -0.2) is 0 Å². The van der Waals surface area contributed by atoms with Crippen molar-refractivity contribution in [3.05, 3.63) is 76.2 Å². The van der Waals surface area contributed by atoms with E-state index in [4.69, 9.17) is 0 Å². The monoisotopic (exact) mass is 266 g/mol. The van der Waals surface area contributed by atoms with Gasteiger partial charge in [0.25, 0.3) is 0 Å². The zero-order valence-corrected chi connectivity index (χ0v) is 11.6. The fourth-order valence-corrected chi connectivity index (χ4v) is 3.82. The van der Waals surface area contributed by atoms with Gasteiger partial charge in [0, 0.05) is 5.92 Å². The van der Waals surface area contributed by atoms with Gasteiger partial charge in [0.15, 0.2) is 0 Å². The van der Waals surface area contributed by atoms with Gasteiger partial charge in [0.2, 0.25) is 0 Å². The Balaban J connectivity index is 2.17. The molecule has 3 aromatic rings. The van der Waals surface area contributed by atoms with Crippen molar-refractivity contribution in [3.8, 4) is 0 Å². The topological polar surface area (TPSA) is 0 Å². The molecule has 0 saturated heterocycles. The van der Waals surface area contributed by atoms with Gasteiger partial charge in [-0.1, -0.05) is 61.2 Å². The molecule has 0 saturated carbocycles. The second-order valence-corrected chi connectivity index (χ2v) is 5.91. The maximum Gasteiger partial charge on any atom is 0.0217 e. The summed E-state index contributed by atoms with van der Waals surface area (Å²) in [6.07, 6.45) is 11.2. The van der Waals surface area contributed by atoms with Gasteiger partial charge in [0.05, 0.1) is 0 Å². The molecule has 1 atom stereocenters. The van der Waals surface area contributed by atoms with E-state index in [2.05, 4.69) is 73.4 Å². The Kier molecular flexibility index (Phi) is 1.97. The normalized spacial score (nSPS) is 18.2. The van der Waals surface area contributed by atoms with Crippen LogP contribution in [0.25, 0.3) is 40.3 Å². The molecule has 3 aromatic carbocycles. The molecule has 0 aliphatic heterocycles. The molecule has 1 unspecified atom stereocenters. The summed E-state index contributed by atoms with van der Waals surface area (Å²) in [5.74, 6) is 0.392. The van der Waals surface area contributed by atoms with Crippen LogP contribution in [0, 0.1) is 0 Å². The van der Waals surface area contributed by atoms with Gasteiger partial charge >= 0.3 is 0 Å². The molecule has 21 heavy (non-hydrogen) atoms. The molecule has 0 fully saturated rings. The Morgan fingerprint density at radius 3 is 2.81 bits per heavy atom. The predicted octanol–water partition coefficient (Wildman–Crippen LogP) is 3.86. The van der Waals surface area contributed by atoms with Gasteiger partial charge in [-0.2, -0.15) is 0 Å². The molecule has 0 bridgehead atoms. The highest BCUT2D eigenvalue weighted by molar-refractivity contribution is 6.13. The molecule has 0 spiro atoms. The summed E-state index contributed by atoms with van der Waals surface area (Å²) < 4.78 is 0. The standard InChI is InChI=1S/C21H14/c1-13-11-19-18-7-3-2-5-15(18)12-16-10-9-14-6-4-8-17(13)20(14)21(16)19/h2-12,14H,1H2. The Morgan fingerprint density at radius 2 is 1.86 bits per heavy atom. The average Bonchev–Trinajstić information content (AvgIpc) is 2.53. The maximum atomic E-state index is 4.29. The van der Waals surface area contributed by atoms with Gasteiger partial charge in [0.1, 0.15) is 0 Å². The number of hydrogen-bond acceptors (Lipinski definition) is 0. The summed E-state index contributed by atoms with van der Waals surface area (Å²) in [4.78, 5) is 0. The van der Waals surface area contributed by atoms with Crippen LogP contribution in [-0.2, 0) is 0 Å². The Labute approximate surface area is 123 Å². The van der Waals surface area contributed by atoms with E-state index >= 15 is 0 Å². The number of benzene rings is 3. The third-order valence-corrected chi connectivity index (χ3v) is 4.74. The van der Waals surface area contributed by atoms with Crippen molar-refractivity contribution in [1.82, 2.24) is 0 Å². The van der Waals surface area contributed by atoms with Crippen LogP contribution in [0.5, 0.6) is 0 Å². The lowest BCUT2D eigenvalue weighted by molar-refractivity contribution is 1.07. The minimum atomic E-state index is 0.392. The van der Waals surface area contributed by atoms with Crippen LogP contribution in [0.1, 0.15) is 17.0 Å². The van der Waals surface area contributed by atoms with Crippen molar-refractivity contribution in [1.29, 1.82) is 0 Å². The lowest BCUT2D eigenvalue weighted by Gasteiger charge is -2.23. The molecular weight excluding hydrogens is 252 g/mol. The Hall–Kier alpha value is -2.60. The van der Waals surface area contributed by atoms with E-state index in [1.165, 1.54) is 37.9 Å². The fourth-order valence-electron chi connectivity index (χ4n) is 3.82. The van der Waals surface area contributed by atoms with E-state index in [9.17, 15) is 0 Å². The molecule has 2 aliphatic carbocycles. The van der Waals surface area contributed by atoms with Crippen molar-refractivity contribution < 1.29 is 0 Å². The van der Waals surface area contributed by atoms with E-state index in [1.54, 1.807) is 0 Å². The first-order valence-electron chi connectivity index (χ1n) is 7.37. The minimum Gasteiger partial charge on any atom is -0.0911 e. The van der Waals surface area contributed by atoms with Gasteiger partial charge in [-0.3, -0.25) is 0 Å². The molecule has 0 amide bonds. The molecule has 0 nitrogen and oxygen atoms in total. The van der Waals surface area contributed by atoms with Crippen molar-refractivity contribution in [2.24, 2.45) is 0 Å². The number of hydrogen-bond donors (Lipinski definition) is 0. The molecule has 0 heterocycles. The Morgan fingerprint density at radius 1 is 0.952 bits per heavy atom. The Bertz CT molecular complexity index is 1090. The molecular formula is C21H14. The van der Waals surface area contributed by atoms with Crippen LogP contribution in [0.15, 0.2) is 54.6 Å². The van der Waals surface area contributed by atoms with Crippen LogP contribution < -0.4 is 10.4 Å². The molecule has 0 N–H and O–H groups in total. The van der Waals surface area contributed by atoms with Crippen LogP contribution in [0.2, 0.25) is 0 Å². The molecule has 98 valence electrons. The van der Waals surface area contributed by atoms with Crippen molar-refractivity contribution in [2.75, 3.05) is 0 Å². The van der Waals surface area contributed by atoms with Crippen LogP contribution in [0.4, 0.5) is 0 Å². The summed E-state index contributed by atoms with van der Waals surface area (Å²) in [5.41, 5.74) is 2.77. The SMILES string of the molecule is C=c1cc2c3c(cc4ccccc42)C=CC2C=CC=c1c32. The predicted molar refractivity (Wildman–Crippen MR) is 91.6 cm³/mol. The van der Waals surface area contributed by atoms with Crippen molar-refractivity contribution in [2.45, 2.75) is 5.92 Å². The summed E-state index contributed by atoms with van der Waals surface area (Å²) >= 11 is 0. The van der Waals surface area contributed by atoms with Gasteiger partial charge in [-0.05, 0) is 55.2 Å². The zero-order chi connectivity index (χ0) is 14.0. The van der Waals surface area contributed by atoms with Gasteiger partial charge < -0.3 is 0 Å². The fraction of sp³-hybridized carbons (Fsp3) is 0.0476. The summed E-state index contributed by atoms with van der Waals surface area (Å²) in [6, 6.07) is 13.2. The van der Waals surface area contributed by atoms with Crippen molar-refractivity contribution in [3.63, 3.8) is 0 Å². The third kappa shape index (κ3) is 1.34. The lowest BCUT2D eigenvalue weighted by atomic mass is 9.81. The van der Waals surface area contributed by atoms with E-state index in [1.807, 2.05) is 0 Å². The summed E-state index contributed by atoms with van der Waals surface area (Å²) in [7, 11) is 0. The first kappa shape index (κ1) is 11.1. The van der Waals surface area contributed by atoms with E-state index in [-0.39, 0.29) is 0 Å². The number of fused-ring (bicyclic) bond motifs is 2. The summed E-state index contributed by atoms with van der Waals surface area (Å²) in [5, 5.41) is 7.81. The smallest absolute Gasteiger partial charge is 0.0217 e.